The fourth-order valence-electron chi connectivity index (χ4n) is 10.7. The molecule has 1 unspecified atom stereocenters. The van der Waals surface area contributed by atoms with E-state index in [4.69, 9.17) is 0 Å². The summed E-state index contributed by atoms with van der Waals surface area (Å²) in [6, 6.07) is 59.2. The van der Waals surface area contributed by atoms with Crippen LogP contribution in [-0.2, 0) is 16.2 Å². The number of benzene rings is 7. The van der Waals surface area contributed by atoms with Crippen molar-refractivity contribution in [3.05, 3.63) is 220 Å². The number of hydrogen-bond donors (Lipinski definition) is 0. The molecule has 0 bridgehead atoms. The third kappa shape index (κ3) is 4.97. The molecule has 1 nitrogen and oxygen atoms in total. The molecule has 0 fully saturated rings. The molecule has 58 heavy (non-hydrogen) atoms. The van der Waals surface area contributed by atoms with Crippen LogP contribution in [0.15, 0.2) is 181 Å². The van der Waals surface area contributed by atoms with Gasteiger partial charge in [0.1, 0.15) is 0 Å². The van der Waals surface area contributed by atoms with Gasteiger partial charge in [0.25, 0.3) is 0 Å². The summed E-state index contributed by atoms with van der Waals surface area (Å²) in [6.07, 6.45) is 4.75. The summed E-state index contributed by atoms with van der Waals surface area (Å²) >= 11 is 0. The summed E-state index contributed by atoms with van der Waals surface area (Å²) in [6.45, 7) is 14.2. The Kier molecular flexibility index (Phi) is 7.38. The molecule has 11 rings (SSSR count). The highest BCUT2D eigenvalue weighted by Gasteiger charge is 2.40. The zero-order valence-corrected chi connectivity index (χ0v) is 34.2. The average Bonchev–Trinajstić information content (AvgIpc) is 3.73. The van der Waals surface area contributed by atoms with Gasteiger partial charge in [-0.15, -0.1) is 5.73 Å². The molecule has 4 aliphatic carbocycles. The standard InChI is InChI=1S/C57H47N/c1-55(2)49-22-10-7-19-43(49)46-28-25-38(33-52(46)55)36-15-13-17-40(31-36)58(42-27-30-48-45-21-9-12-24-51(45)57(5,6)54(48)35-42)41-18-14-16-37(32-41)39-26-29-47-44-20-8-11-23-50(44)56(3,4)53(47)34-39/h7-28,30-35,39H,1-6H3. The van der Waals surface area contributed by atoms with Crippen LogP contribution in [0.25, 0.3) is 39.0 Å². The van der Waals surface area contributed by atoms with E-state index in [0.717, 1.165) is 17.1 Å². The molecule has 0 aromatic heterocycles. The largest absolute Gasteiger partial charge is 0.310 e. The van der Waals surface area contributed by atoms with Gasteiger partial charge in [-0.1, -0.05) is 163 Å². The van der Waals surface area contributed by atoms with Crippen molar-refractivity contribution in [2.45, 2.75) is 63.7 Å². The molecule has 0 radical (unpaired) electrons. The average molecular weight is 746 g/mol. The summed E-state index contributed by atoms with van der Waals surface area (Å²) in [4.78, 5) is 2.47. The third-order valence-electron chi connectivity index (χ3n) is 13.9. The van der Waals surface area contributed by atoms with E-state index in [1.165, 1.54) is 83.5 Å². The van der Waals surface area contributed by atoms with Gasteiger partial charge in [0.15, 0.2) is 0 Å². The minimum absolute atomic E-state index is 0.0594. The van der Waals surface area contributed by atoms with Gasteiger partial charge in [0.05, 0.1) is 0 Å². The smallest absolute Gasteiger partial charge is 0.0467 e. The highest BCUT2D eigenvalue weighted by atomic mass is 15.1. The Bertz CT molecular complexity index is 2980. The zero-order chi connectivity index (χ0) is 39.6. The van der Waals surface area contributed by atoms with Crippen LogP contribution in [0.4, 0.5) is 17.1 Å². The fraction of sp³-hybridized carbons (Fsp3) is 0.175. The van der Waals surface area contributed by atoms with E-state index in [9.17, 15) is 0 Å². The number of fused-ring (bicyclic) bond motifs is 9. The van der Waals surface area contributed by atoms with Crippen molar-refractivity contribution < 1.29 is 0 Å². The number of anilines is 3. The van der Waals surface area contributed by atoms with Crippen molar-refractivity contribution in [2.24, 2.45) is 0 Å². The Morgan fingerprint density at radius 1 is 0.414 bits per heavy atom. The molecule has 1 heteroatoms. The van der Waals surface area contributed by atoms with Crippen LogP contribution in [0.1, 0.15) is 86.4 Å². The third-order valence-corrected chi connectivity index (χ3v) is 13.9. The summed E-state index contributed by atoms with van der Waals surface area (Å²) in [5.41, 5.74) is 26.9. The maximum absolute atomic E-state index is 3.76. The van der Waals surface area contributed by atoms with Crippen LogP contribution < -0.4 is 4.90 Å². The van der Waals surface area contributed by atoms with Gasteiger partial charge in [-0.2, -0.15) is 0 Å². The van der Waals surface area contributed by atoms with Crippen LogP contribution in [0.2, 0.25) is 0 Å². The second kappa shape index (κ2) is 12.3. The Morgan fingerprint density at radius 3 is 1.62 bits per heavy atom. The Balaban J connectivity index is 1.04. The molecular weight excluding hydrogens is 699 g/mol. The van der Waals surface area contributed by atoms with E-state index >= 15 is 0 Å². The molecule has 0 amide bonds. The number of rotatable bonds is 5. The molecule has 0 saturated carbocycles. The molecule has 0 aliphatic heterocycles. The molecule has 0 spiro atoms. The van der Waals surface area contributed by atoms with E-state index < -0.39 is 0 Å². The Morgan fingerprint density at radius 2 is 0.931 bits per heavy atom. The minimum Gasteiger partial charge on any atom is -0.310 e. The lowest BCUT2D eigenvalue weighted by atomic mass is 9.79. The van der Waals surface area contributed by atoms with Crippen LogP contribution >= 0.6 is 0 Å². The van der Waals surface area contributed by atoms with Crippen molar-refractivity contribution in [2.75, 3.05) is 4.90 Å². The molecule has 7 aromatic carbocycles. The molecule has 4 aliphatic rings. The molecule has 1 atom stereocenters. The first-order valence-corrected chi connectivity index (χ1v) is 20.8. The second-order valence-electron chi connectivity index (χ2n) is 18.3. The van der Waals surface area contributed by atoms with Gasteiger partial charge in [0, 0.05) is 44.8 Å². The molecular formula is C57H47N. The molecule has 7 aromatic rings. The van der Waals surface area contributed by atoms with Crippen molar-refractivity contribution in [1.29, 1.82) is 0 Å². The molecule has 0 saturated heterocycles. The SMILES string of the molecule is CC1(C)C2=CC(c3cccc(N(c4cccc(-c5ccc6c(c5)C(C)(C)c5ccccc5-6)c4)c4ccc5c(c4)C(C)(C)c4ccccc4-5)c3)C=C=C2c2ccccc21. The first kappa shape index (κ1) is 34.8. The number of nitrogens with zero attached hydrogens (tertiary/aromatic N) is 1. The number of hydrogen-bond acceptors (Lipinski definition) is 1. The quantitative estimate of drug-likeness (QED) is 0.159. The normalized spacial score (nSPS) is 17.9. The number of allylic oxidation sites excluding steroid dienone is 3. The van der Waals surface area contributed by atoms with E-state index in [1.807, 2.05) is 0 Å². The Labute approximate surface area is 343 Å². The minimum atomic E-state index is -0.110. The van der Waals surface area contributed by atoms with E-state index in [2.05, 4.69) is 222 Å². The maximum Gasteiger partial charge on any atom is 0.0467 e. The van der Waals surface area contributed by atoms with Gasteiger partial charge >= 0.3 is 0 Å². The van der Waals surface area contributed by atoms with Crippen molar-refractivity contribution >= 4 is 22.6 Å². The van der Waals surface area contributed by atoms with Gasteiger partial charge in [-0.05, 0) is 126 Å². The predicted octanol–water partition coefficient (Wildman–Crippen LogP) is 15.0. The summed E-state index contributed by atoms with van der Waals surface area (Å²) < 4.78 is 0. The highest BCUT2D eigenvalue weighted by Crippen LogP contribution is 2.54. The first-order valence-electron chi connectivity index (χ1n) is 20.8. The Hall–Kier alpha value is -6.40. The van der Waals surface area contributed by atoms with Crippen molar-refractivity contribution in [1.82, 2.24) is 0 Å². The summed E-state index contributed by atoms with van der Waals surface area (Å²) in [5.74, 6) is 0.118. The lowest BCUT2D eigenvalue weighted by molar-refractivity contribution is 0.655. The van der Waals surface area contributed by atoms with Crippen LogP contribution in [-0.4, -0.2) is 0 Å². The molecule has 0 N–H and O–H groups in total. The predicted molar refractivity (Wildman–Crippen MR) is 243 cm³/mol. The van der Waals surface area contributed by atoms with Crippen molar-refractivity contribution in [3.63, 3.8) is 0 Å². The van der Waals surface area contributed by atoms with Crippen LogP contribution in [0, 0.1) is 0 Å². The van der Waals surface area contributed by atoms with Gasteiger partial charge in [0.2, 0.25) is 0 Å². The molecule has 0 heterocycles. The topological polar surface area (TPSA) is 3.24 Å². The lowest BCUT2D eigenvalue weighted by Gasteiger charge is -2.29. The van der Waals surface area contributed by atoms with E-state index in [0.29, 0.717) is 0 Å². The van der Waals surface area contributed by atoms with Gasteiger partial charge in [-0.25, -0.2) is 0 Å². The molecule has 280 valence electrons. The zero-order valence-electron chi connectivity index (χ0n) is 34.2. The monoisotopic (exact) mass is 745 g/mol. The summed E-state index contributed by atoms with van der Waals surface area (Å²) in [7, 11) is 0. The highest BCUT2D eigenvalue weighted by molar-refractivity contribution is 5.91. The first-order chi connectivity index (χ1) is 28.0. The van der Waals surface area contributed by atoms with Gasteiger partial charge < -0.3 is 4.90 Å². The van der Waals surface area contributed by atoms with Crippen LogP contribution in [0.3, 0.4) is 0 Å². The van der Waals surface area contributed by atoms with Gasteiger partial charge in [-0.3, -0.25) is 0 Å². The summed E-state index contributed by atoms with van der Waals surface area (Å²) in [5, 5.41) is 0. The maximum atomic E-state index is 3.76. The lowest BCUT2D eigenvalue weighted by Crippen LogP contribution is -2.17. The second-order valence-corrected chi connectivity index (χ2v) is 18.3. The van der Waals surface area contributed by atoms with E-state index in [-0.39, 0.29) is 22.2 Å². The fourth-order valence-corrected chi connectivity index (χ4v) is 10.7. The van der Waals surface area contributed by atoms with Crippen molar-refractivity contribution in [3.8, 4) is 33.4 Å². The van der Waals surface area contributed by atoms with Crippen LogP contribution in [0.5, 0.6) is 0 Å². The van der Waals surface area contributed by atoms with E-state index in [1.54, 1.807) is 0 Å².